The number of nitrogens with one attached hydrogen (secondary N) is 1. The van der Waals surface area contributed by atoms with Crippen molar-refractivity contribution in [1.82, 2.24) is 9.88 Å². The van der Waals surface area contributed by atoms with Crippen molar-refractivity contribution in [2.45, 2.75) is 20.0 Å². The Bertz CT molecular complexity index is 522. The van der Waals surface area contributed by atoms with Gasteiger partial charge in [-0.25, -0.2) is 0 Å². The molecule has 2 aromatic rings. The fourth-order valence-corrected chi connectivity index (χ4v) is 2.21. The molecule has 0 bridgehead atoms. The normalized spacial score (nSPS) is 11.3. The Morgan fingerprint density at radius 1 is 1.15 bits per heavy atom. The molecule has 110 valence electrons. The van der Waals surface area contributed by atoms with Crippen LogP contribution in [0, 0.1) is 0 Å². The molecule has 0 radical (unpaired) electrons. The zero-order chi connectivity index (χ0) is 14.2. The van der Waals surface area contributed by atoms with Crippen molar-refractivity contribution in [1.29, 1.82) is 0 Å². The van der Waals surface area contributed by atoms with E-state index >= 15 is 0 Å². The predicted octanol–water partition coefficient (Wildman–Crippen LogP) is 2.41. The van der Waals surface area contributed by atoms with Crippen LogP contribution in [0.2, 0.25) is 0 Å². The van der Waals surface area contributed by atoms with Crippen LogP contribution < -0.4 is 5.32 Å². The van der Waals surface area contributed by atoms with Gasteiger partial charge in [-0.05, 0) is 29.6 Å². The molecule has 0 unspecified atom stereocenters. The monoisotopic (exact) mass is 276 g/mol. The highest BCUT2D eigenvalue weighted by molar-refractivity contribution is 5.80. The Balaban J connectivity index is 1.97. The summed E-state index contributed by atoms with van der Waals surface area (Å²) in [5, 5.41) is 4.64. The van der Waals surface area contributed by atoms with Gasteiger partial charge in [0.2, 0.25) is 0 Å². The van der Waals surface area contributed by atoms with Gasteiger partial charge in [0.1, 0.15) is 0 Å². The fourth-order valence-electron chi connectivity index (χ4n) is 2.21. The lowest BCUT2D eigenvalue weighted by Crippen LogP contribution is -2.12. The van der Waals surface area contributed by atoms with Crippen molar-refractivity contribution in [2.24, 2.45) is 0 Å². The van der Waals surface area contributed by atoms with E-state index in [-0.39, 0.29) is 0 Å². The minimum Gasteiger partial charge on any atom is -0.382 e. The Hall–Kier alpha value is -1.36. The lowest BCUT2D eigenvalue weighted by atomic mass is 10.1. The first-order valence-corrected chi connectivity index (χ1v) is 7.20. The van der Waals surface area contributed by atoms with Gasteiger partial charge in [0.05, 0.1) is 19.8 Å². The summed E-state index contributed by atoms with van der Waals surface area (Å²) in [4.78, 5) is 0. The van der Waals surface area contributed by atoms with Gasteiger partial charge in [-0.3, -0.25) is 0 Å². The molecular formula is C16H24N2O2. The molecule has 0 aliphatic carbocycles. The van der Waals surface area contributed by atoms with Crippen molar-refractivity contribution in [3.63, 3.8) is 0 Å². The van der Waals surface area contributed by atoms with Crippen LogP contribution in [0.1, 0.15) is 12.5 Å². The smallest absolute Gasteiger partial charge is 0.0701 e. The highest BCUT2D eigenvalue weighted by Gasteiger charge is 2.02. The van der Waals surface area contributed by atoms with E-state index in [9.17, 15) is 0 Å². The third kappa shape index (κ3) is 4.07. The van der Waals surface area contributed by atoms with Gasteiger partial charge in [0.25, 0.3) is 0 Å². The maximum Gasteiger partial charge on any atom is 0.0701 e. The quantitative estimate of drug-likeness (QED) is 0.714. The second-order valence-electron chi connectivity index (χ2n) is 4.79. The van der Waals surface area contributed by atoms with E-state index in [4.69, 9.17) is 9.47 Å². The number of benzene rings is 1. The molecule has 0 aliphatic rings. The largest absolute Gasteiger partial charge is 0.382 e. The maximum atomic E-state index is 5.53. The summed E-state index contributed by atoms with van der Waals surface area (Å²) < 4.78 is 12.7. The van der Waals surface area contributed by atoms with Crippen molar-refractivity contribution in [2.75, 3.05) is 33.5 Å². The van der Waals surface area contributed by atoms with Crippen molar-refractivity contribution in [3.8, 4) is 0 Å². The summed E-state index contributed by atoms with van der Waals surface area (Å²) >= 11 is 0. The molecule has 0 fully saturated rings. The first kappa shape index (κ1) is 15.0. The number of hydrogen-bond donors (Lipinski definition) is 1. The van der Waals surface area contributed by atoms with E-state index in [1.807, 2.05) is 0 Å². The topological polar surface area (TPSA) is 35.4 Å². The molecule has 0 amide bonds. The standard InChI is InChI=1S/C16H24N2O2/c1-3-17-13-14-4-5-15-6-7-18(16(15)12-14)8-9-20-11-10-19-2/h4-7,12,17H,3,8-11,13H2,1-2H3. The zero-order valence-corrected chi connectivity index (χ0v) is 12.4. The van der Waals surface area contributed by atoms with E-state index in [1.54, 1.807) is 7.11 Å². The third-order valence-corrected chi connectivity index (χ3v) is 3.33. The Labute approximate surface area is 120 Å². The van der Waals surface area contributed by atoms with Crippen LogP contribution in [0.25, 0.3) is 10.9 Å². The number of fused-ring (bicyclic) bond motifs is 1. The van der Waals surface area contributed by atoms with Crippen LogP contribution in [-0.2, 0) is 22.6 Å². The van der Waals surface area contributed by atoms with Crippen LogP contribution in [0.3, 0.4) is 0 Å². The number of rotatable bonds is 9. The van der Waals surface area contributed by atoms with E-state index in [0.29, 0.717) is 19.8 Å². The van der Waals surface area contributed by atoms with Gasteiger partial charge in [0.15, 0.2) is 0 Å². The average molecular weight is 276 g/mol. The van der Waals surface area contributed by atoms with Crippen LogP contribution in [0.5, 0.6) is 0 Å². The fraction of sp³-hybridized carbons (Fsp3) is 0.500. The first-order chi connectivity index (χ1) is 9.85. The highest BCUT2D eigenvalue weighted by Crippen LogP contribution is 2.17. The summed E-state index contributed by atoms with van der Waals surface area (Å²) in [6.45, 7) is 6.93. The lowest BCUT2D eigenvalue weighted by molar-refractivity contribution is 0.0670. The molecule has 4 heteroatoms. The molecule has 0 saturated carbocycles. The third-order valence-electron chi connectivity index (χ3n) is 3.33. The zero-order valence-electron chi connectivity index (χ0n) is 12.4. The summed E-state index contributed by atoms with van der Waals surface area (Å²) in [7, 11) is 1.69. The van der Waals surface area contributed by atoms with Gasteiger partial charge in [-0.1, -0.05) is 19.1 Å². The van der Waals surface area contributed by atoms with E-state index in [1.165, 1.54) is 16.5 Å². The minimum atomic E-state index is 0.652. The molecule has 4 nitrogen and oxygen atoms in total. The molecule has 1 aromatic heterocycles. The van der Waals surface area contributed by atoms with Gasteiger partial charge in [0, 0.05) is 31.9 Å². The van der Waals surface area contributed by atoms with Gasteiger partial charge in [-0.15, -0.1) is 0 Å². The lowest BCUT2D eigenvalue weighted by Gasteiger charge is -2.08. The molecule has 0 saturated heterocycles. The number of nitrogens with zero attached hydrogens (tertiary/aromatic N) is 1. The highest BCUT2D eigenvalue weighted by atomic mass is 16.5. The van der Waals surface area contributed by atoms with Gasteiger partial charge in [-0.2, -0.15) is 0 Å². The summed E-state index contributed by atoms with van der Waals surface area (Å²) in [5.41, 5.74) is 2.59. The van der Waals surface area contributed by atoms with Crippen molar-refractivity contribution in [3.05, 3.63) is 36.0 Å². The summed E-state index contributed by atoms with van der Waals surface area (Å²) in [6.07, 6.45) is 2.13. The van der Waals surface area contributed by atoms with Crippen molar-refractivity contribution < 1.29 is 9.47 Å². The second kappa shape index (κ2) is 8.04. The van der Waals surface area contributed by atoms with E-state index in [0.717, 1.165) is 19.6 Å². The van der Waals surface area contributed by atoms with E-state index in [2.05, 4.69) is 47.3 Å². The molecule has 1 aromatic carbocycles. The molecule has 20 heavy (non-hydrogen) atoms. The van der Waals surface area contributed by atoms with Crippen molar-refractivity contribution >= 4 is 10.9 Å². The first-order valence-electron chi connectivity index (χ1n) is 7.20. The average Bonchev–Trinajstić information content (AvgIpc) is 2.87. The van der Waals surface area contributed by atoms with E-state index < -0.39 is 0 Å². The Morgan fingerprint density at radius 3 is 2.85 bits per heavy atom. The molecular weight excluding hydrogens is 252 g/mol. The van der Waals surface area contributed by atoms with Crippen LogP contribution in [0.15, 0.2) is 30.5 Å². The molecule has 0 spiro atoms. The van der Waals surface area contributed by atoms with Crippen LogP contribution in [-0.4, -0.2) is 38.0 Å². The molecule has 0 aliphatic heterocycles. The molecule has 1 N–H and O–H groups in total. The molecule has 1 heterocycles. The maximum absolute atomic E-state index is 5.53. The van der Waals surface area contributed by atoms with Crippen LogP contribution >= 0.6 is 0 Å². The Morgan fingerprint density at radius 2 is 2.05 bits per heavy atom. The molecule has 0 atom stereocenters. The SMILES string of the molecule is CCNCc1ccc2ccn(CCOCCOC)c2c1. The van der Waals surface area contributed by atoms with Gasteiger partial charge < -0.3 is 19.4 Å². The number of ether oxygens (including phenoxy) is 2. The minimum absolute atomic E-state index is 0.652. The van der Waals surface area contributed by atoms with Gasteiger partial charge >= 0.3 is 0 Å². The predicted molar refractivity (Wildman–Crippen MR) is 82.0 cm³/mol. The van der Waals surface area contributed by atoms with Crippen LogP contribution in [0.4, 0.5) is 0 Å². The number of methoxy groups -OCH3 is 1. The second-order valence-corrected chi connectivity index (χ2v) is 4.79. The molecule has 2 rings (SSSR count). The summed E-state index contributed by atoms with van der Waals surface area (Å²) in [6, 6.07) is 8.78. The number of hydrogen-bond acceptors (Lipinski definition) is 3. The number of aromatic nitrogens is 1. The Kier molecular flexibility index (Phi) is 6.05. The summed E-state index contributed by atoms with van der Waals surface area (Å²) in [5.74, 6) is 0.